The Kier molecular flexibility index (Phi) is 5.49. The zero-order valence-electron chi connectivity index (χ0n) is 12.7. The Morgan fingerprint density at radius 2 is 1.77 bits per heavy atom. The van der Waals surface area contributed by atoms with E-state index in [0.717, 1.165) is 6.42 Å². The molecule has 2 rings (SSSR count). The van der Waals surface area contributed by atoms with E-state index in [9.17, 15) is 4.79 Å². The topological polar surface area (TPSA) is 29.1 Å². The van der Waals surface area contributed by atoms with Gasteiger partial charge < -0.3 is 5.32 Å². The number of anilines is 1. The molecule has 0 saturated carbocycles. The first kappa shape index (κ1) is 16.9. The Morgan fingerprint density at radius 1 is 1.09 bits per heavy atom. The first-order valence-corrected chi connectivity index (χ1v) is 7.94. The number of halogens is 2. The molecule has 0 aromatic heterocycles. The maximum absolute atomic E-state index is 12.1. The van der Waals surface area contributed by atoms with E-state index < -0.39 is 0 Å². The molecule has 116 valence electrons. The van der Waals surface area contributed by atoms with Gasteiger partial charge >= 0.3 is 0 Å². The maximum atomic E-state index is 12.1. The molecule has 22 heavy (non-hydrogen) atoms. The maximum Gasteiger partial charge on any atom is 0.224 e. The van der Waals surface area contributed by atoms with Gasteiger partial charge in [0.15, 0.2) is 0 Å². The van der Waals surface area contributed by atoms with Crippen molar-refractivity contribution in [3.8, 4) is 0 Å². The van der Waals surface area contributed by atoms with Crippen molar-refractivity contribution < 1.29 is 4.79 Å². The van der Waals surface area contributed by atoms with Gasteiger partial charge in [-0.25, -0.2) is 0 Å². The molecule has 0 radical (unpaired) electrons. The van der Waals surface area contributed by atoms with Crippen LogP contribution in [0.5, 0.6) is 0 Å². The third-order valence-corrected chi connectivity index (χ3v) is 4.29. The molecule has 1 amide bonds. The summed E-state index contributed by atoms with van der Waals surface area (Å²) in [6, 6.07) is 15.3. The highest BCUT2D eigenvalue weighted by molar-refractivity contribution is 6.36. The van der Waals surface area contributed by atoms with Gasteiger partial charge in [-0.15, -0.1) is 0 Å². The van der Waals surface area contributed by atoms with Crippen LogP contribution in [-0.2, 0) is 10.2 Å². The number of benzene rings is 2. The molecular weight excluding hydrogens is 317 g/mol. The molecule has 0 aliphatic rings. The molecule has 0 aliphatic heterocycles. The van der Waals surface area contributed by atoms with Gasteiger partial charge in [0.25, 0.3) is 0 Å². The van der Waals surface area contributed by atoms with E-state index >= 15 is 0 Å². The zero-order chi connectivity index (χ0) is 16.2. The average Bonchev–Trinajstić information content (AvgIpc) is 2.49. The second-order valence-electron chi connectivity index (χ2n) is 5.92. The van der Waals surface area contributed by atoms with Gasteiger partial charge in [0.1, 0.15) is 0 Å². The first-order chi connectivity index (χ1) is 10.4. The Bertz CT molecular complexity index is 653. The van der Waals surface area contributed by atoms with Crippen molar-refractivity contribution in [3.63, 3.8) is 0 Å². The number of carbonyl (C=O) groups excluding carboxylic acids is 1. The predicted octanol–water partition coefficient (Wildman–Crippen LogP) is 5.69. The SMILES string of the molecule is CC(C)(CCC(=O)Nc1ccc(Cl)cc1Cl)c1ccccc1. The van der Waals surface area contributed by atoms with Gasteiger partial charge in [-0.1, -0.05) is 67.4 Å². The van der Waals surface area contributed by atoms with Crippen LogP contribution in [0.4, 0.5) is 5.69 Å². The smallest absolute Gasteiger partial charge is 0.224 e. The van der Waals surface area contributed by atoms with Crippen LogP contribution in [0.15, 0.2) is 48.5 Å². The molecule has 0 bridgehead atoms. The summed E-state index contributed by atoms with van der Waals surface area (Å²) in [7, 11) is 0. The molecule has 0 heterocycles. The summed E-state index contributed by atoms with van der Waals surface area (Å²) in [5, 5.41) is 3.83. The normalized spacial score (nSPS) is 11.3. The van der Waals surface area contributed by atoms with E-state index in [1.807, 2.05) is 18.2 Å². The Balaban J connectivity index is 1.95. The highest BCUT2D eigenvalue weighted by Crippen LogP contribution is 2.29. The van der Waals surface area contributed by atoms with Crippen LogP contribution in [0.3, 0.4) is 0 Å². The predicted molar refractivity (Wildman–Crippen MR) is 93.8 cm³/mol. The molecule has 0 atom stereocenters. The van der Waals surface area contributed by atoms with Crippen LogP contribution in [-0.4, -0.2) is 5.91 Å². The highest BCUT2D eigenvalue weighted by Gasteiger charge is 2.21. The van der Waals surface area contributed by atoms with Crippen LogP contribution in [0, 0.1) is 0 Å². The molecule has 0 saturated heterocycles. The van der Waals surface area contributed by atoms with Crippen LogP contribution in [0.2, 0.25) is 10.0 Å². The van der Waals surface area contributed by atoms with E-state index in [0.29, 0.717) is 22.2 Å². The molecule has 2 aromatic carbocycles. The van der Waals surface area contributed by atoms with Gasteiger partial charge in [-0.3, -0.25) is 4.79 Å². The van der Waals surface area contributed by atoms with Gasteiger partial charge in [-0.05, 0) is 35.6 Å². The number of nitrogens with one attached hydrogen (secondary N) is 1. The Morgan fingerprint density at radius 3 is 2.41 bits per heavy atom. The lowest BCUT2D eigenvalue weighted by molar-refractivity contribution is -0.116. The molecule has 0 aliphatic carbocycles. The van der Waals surface area contributed by atoms with Crippen LogP contribution >= 0.6 is 23.2 Å². The molecule has 1 N–H and O–H groups in total. The monoisotopic (exact) mass is 335 g/mol. The summed E-state index contributed by atoms with van der Waals surface area (Å²) in [5.74, 6) is -0.0479. The van der Waals surface area contributed by atoms with Crippen molar-refractivity contribution in [2.75, 3.05) is 5.32 Å². The molecule has 0 spiro atoms. The third-order valence-electron chi connectivity index (χ3n) is 3.74. The number of hydrogen-bond acceptors (Lipinski definition) is 1. The molecule has 0 fully saturated rings. The Labute approximate surface area is 141 Å². The summed E-state index contributed by atoms with van der Waals surface area (Å²) in [4.78, 5) is 12.1. The largest absolute Gasteiger partial charge is 0.325 e. The van der Waals surface area contributed by atoms with Crippen molar-refractivity contribution in [1.82, 2.24) is 0 Å². The van der Waals surface area contributed by atoms with Crippen LogP contribution in [0.25, 0.3) is 0 Å². The van der Waals surface area contributed by atoms with Crippen molar-refractivity contribution in [3.05, 3.63) is 64.1 Å². The first-order valence-electron chi connectivity index (χ1n) is 7.19. The fraction of sp³-hybridized carbons (Fsp3) is 0.278. The quantitative estimate of drug-likeness (QED) is 0.747. The lowest BCUT2D eigenvalue weighted by Crippen LogP contribution is -2.21. The molecule has 0 unspecified atom stereocenters. The van der Waals surface area contributed by atoms with Crippen molar-refractivity contribution in [1.29, 1.82) is 0 Å². The lowest BCUT2D eigenvalue weighted by atomic mass is 9.80. The van der Waals surface area contributed by atoms with Crippen molar-refractivity contribution in [2.24, 2.45) is 0 Å². The minimum absolute atomic E-state index is 0.0479. The third kappa shape index (κ3) is 4.49. The lowest BCUT2D eigenvalue weighted by Gasteiger charge is -2.25. The molecule has 2 aromatic rings. The number of amides is 1. The average molecular weight is 336 g/mol. The van der Waals surface area contributed by atoms with Crippen molar-refractivity contribution in [2.45, 2.75) is 32.1 Å². The van der Waals surface area contributed by atoms with E-state index in [1.54, 1.807) is 18.2 Å². The van der Waals surface area contributed by atoms with Crippen LogP contribution < -0.4 is 5.32 Å². The summed E-state index contributed by atoms with van der Waals surface area (Å²) < 4.78 is 0. The van der Waals surface area contributed by atoms with E-state index in [1.165, 1.54) is 5.56 Å². The van der Waals surface area contributed by atoms with Gasteiger partial charge in [0.05, 0.1) is 10.7 Å². The van der Waals surface area contributed by atoms with E-state index in [4.69, 9.17) is 23.2 Å². The zero-order valence-corrected chi connectivity index (χ0v) is 14.2. The van der Waals surface area contributed by atoms with E-state index in [-0.39, 0.29) is 11.3 Å². The summed E-state index contributed by atoms with van der Waals surface area (Å²) in [6.07, 6.45) is 1.19. The minimum Gasteiger partial charge on any atom is -0.325 e. The van der Waals surface area contributed by atoms with Gasteiger partial charge in [0, 0.05) is 11.4 Å². The number of hydrogen-bond donors (Lipinski definition) is 1. The minimum atomic E-state index is -0.0532. The second kappa shape index (κ2) is 7.17. The fourth-order valence-electron chi connectivity index (χ4n) is 2.26. The van der Waals surface area contributed by atoms with Crippen molar-refractivity contribution >= 4 is 34.8 Å². The summed E-state index contributed by atoms with van der Waals surface area (Å²) in [6.45, 7) is 4.29. The van der Waals surface area contributed by atoms with Gasteiger partial charge in [0.2, 0.25) is 5.91 Å². The second-order valence-corrected chi connectivity index (χ2v) is 6.77. The van der Waals surface area contributed by atoms with Crippen LogP contribution in [0.1, 0.15) is 32.3 Å². The molecule has 4 heteroatoms. The fourth-order valence-corrected chi connectivity index (χ4v) is 2.72. The molecule has 2 nitrogen and oxygen atoms in total. The summed E-state index contributed by atoms with van der Waals surface area (Å²) >= 11 is 11.9. The summed E-state index contributed by atoms with van der Waals surface area (Å²) in [5.41, 5.74) is 1.77. The van der Waals surface area contributed by atoms with E-state index in [2.05, 4.69) is 31.3 Å². The standard InChI is InChI=1S/C18H19Cl2NO/c1-18(2,13-6-4-3-5-7-13)11-10-17(22)21-16-9-8-14(19)12-15(16)20/h3-9,12H,10-11H2,1-2H3,(H,21,22). The highest BCUT2D eigenvalue weighted by atomic mass is 35.5. The number of carbonyl (C=O) groups is 1. The molecular formula is C18H19Cl2NO. The number of rotatable bonds is 5. The Hall–Kier alpha value is -1.51. The van der Waals surface area contributed by atoms with Gasteiger partial charge in [-0.2, -0.15) is 0 Å².